The Kier molecular flexibility index (Phi) is 4.05. The number of hydrogen-bond donors (Lipinski definition) is 1. The van der Waals surface area contributed by atoms with Crippen molar-refractivity contribution in [3.05, 3.63) is 0 Å². The van der Waals surface area contributed by atoms with Crippen LogP contribution in [-0.4, -0.2) is 54.5 Å². The SMILES string of the molecule is CC1CN(C)CCCN1C(=O)C1CCC(N)C1. The van der Waals surface area contributed by atoms with Crippen LogP contribution in [0.25, 0.3) is 0 Å². The zero-order valence-electron chi connectivity index (χ0n) is 11.1. The van der Waals surface area contributed by atoms with Gasteiger partial charge in [-0.2, -0.15) is 0 Å². The van der Waals surface area contributed by atoms with Crippen LogP contribution >= 0.6 is 0 Å². The summed E-state index contributed by atoms with van der Waals surface area (Å²) < 4.78 is 0. The number of rotatable bonds is 1. The molecule has 0 aromatic carbocycles. The van der Waals surface area contributed by atoms with E-state index in [0.717, 1.165) is 45.3 Å². The normalized spacial score (nSPS) is 35.9. The second-order valence-electron chi connectivity index (χ2n) is 5.77. The second kappa shape index (κ2) is 5.36. The molecule has 4 nitrogen and oxygen atoms in total. The van der Waals surface area contributed by atoms with Crippen molar-refractivity contribution < 1.29 is 4.79 Å². The molecule has 3 atom stereocenters. The summed E-state index contributed by atoms with van der Waals surface area (Å²) in [5, 5.41) is 0. The van der Waals surface area contributed by atoms with Crippen LogP contribution in [0.5, 0.6) is 0 Å². The predicted molar refractivity (Wildman–Crippen MR) is 68.6 cm³/mol. The summed E-state index contributed by atoms with van der Waals surface area (Å²) in [4.78, 5) is 16.9. The second-order valence-corrected chi connectivity index (χ2v) is 5.77. The fraction of sp³-hybridized carbons (Fsp3) is 0.923. The first-order chi connectivity index (χ1) is 8.08. The highest BCUT2D eigenvalue weighted by atomic mass is 16.2. The largest absolute Gasteiger partial charge is 0.338 e. The molecule has 2 aliphatic rings. The van der Waals surface area contributed by atoms with E-state index in [1.807, 2.05) is 0 Å². The average Bonchev–Trinajstić information content (AvgIpc) is 2.62. The minimum absolute atomic E-state index is 0.191. The first-order valence-corrected chi connectivity index (χ1v) is 6.82. The van der Waals surface area contributed by atoms with E-state index in [1.165, 1.54) is 0 Å². The molecule has 1 heterocycles. The summed E-state index contributed by atoms with van der Waals surface area (Å²) >= 11 is 0. The van der Waals surface area contributed by atoms with Crippen molar-refractivity contribution in [3.63, 3.8) is 0 Å². The third-order valence-corrected chi connectivity index (χ3v) is 4.15. The smallest absolute Gasteiger partial charge is 0.226 e. The lowest BCUT2D eigenvalue weighted by atomic mass is 10.0. The van der Waals surface area contributed by atoms with Crippen LogP contribution in [0, 0.1) is 5.92 Å². The maximum Gasteiger partial charge on any atom is 0.226 e. The number of nitrogens with zero attached hydrogens (tertiary/aromatic N) is 2. The molecule has 1 amide bonds. The predicted octanol–water partition coefficient (Wildman–Crippen LogP) is 0.666. The van der Waals surface area contributed by atoms with E-state index < -0.39 is 0 Å². The number of hydrogen-bond acceptors (Lipinski definition) is 3. The minimum Gasteiger partial charge on any atom is -0.338 e. The molecule has 1 aliphatic heterocycles. The first kappa shape index (κ1) is 12.8. The maximum atomic E-state index is 12.5. The monoisotopic (exact) mass is 239 g/mol. The highest BCUT2D eigenvalue weighted by Crippen LogP contribution is 2.27. The van der Waals surface area contributed by atoms with Gasteiger partial charge in [0.05, 0.1) is 0 Å². The Balaban J connectivity index is 1.97. The quantitative estimate of drug-likeness (QED) is 0.731. The fourth-order valence-electron chi connectivity index (χ4n) is 3.17. The molecule has 3 unspecified atom stereocenters. The van der Waals surface area contributed by atoms with Gasteiger partial charge >= 0.3 is 0 Å². The van der Waals surface area contributed by atoms with Crippen LogP contribution in [0.2, 0.25) is 0 Å². The molecule has 4 heteroatoms. The molecule has 0 aromatic heterocycles. The van der Waals surface area contributed by atoms with E-state index in [0.29, 0.717) is 11.9 Å². The molecule has 17 heavy (non-hydrogen) atoms. The van der Waals surface area contributed by atoms with Crippen LogP contribution in [0.3, 0.4) is 0 Å². The van der Waals surface area contributed by atoms with Crippen molar-refractivity contribution in [3.8, 4) is 0 Å². The molecule has 1 saturated heterocycles. The Morgan fingerprint density at radius 1 is 1.29 bits per heavy atom. The van der Waals surface area contributed by atoms with E-state index in [4.69, 9.17) is 5.73 Å². The molecule has 0 bridgehead atoms. The zero-order valence-corrected chi connectivity index (χ0v) is 11.1. The van der Waals surface area contributed by atoms with Gasteiger partial charge < -0.3 is 15.5 Å². The number of likely N-dealkylation sites (N-methyl/N-ethyl adjacent to an activating group) is 1. The van der Waals surface area contributed by atoms with Crippen molar-refractivity contribution >= 4 is 5.91 Å². The number of carbonyl (C=O) groups excluding carboxylic acids is 1. The van der Waals surface area contributed by atoms with Gasteiger partial charge in [-0.3, -0.25) is 4.79 Å². The molecule has 2 fully saturated rings. The van der Waals surface area contributed by atoms with Gasteiger partial charge in [0.1, 0.15) is 0 Å². The van der Waals surface area contributed by atoms with Gasteiger partial charge in [0, 0.05) is 31.1 Å². The van der Waals surface area contributed by atoms with Gasteiger partial charge in [0.2, 0.25) is 5.91 Å². The zero-order chi connectivity index (χ0) is 12.4. The van der Waals surface area contributed by atoms with Crippen LogP contribution in [-0.2, 0) is 4.79 Å². The van der Waals surface area contributed by atoms with E-state index >= 15 is 0 Å². The van der Waals surface area contributed by atoms with Gasteiger partial charge in [-0.25, -0.2) is 0 Å². The lowest BCUT2D eigenvalue weighted by Gasteiger charge is -2.30. The van der Waals surface area contributed by atoms with Gasteiger partial charge in [-0.1, -0.05) is 0 Å². The molecule has 98 valence electrons. The van der Waals surface area contributed by atoms with Gasteiger partial charge in [-0.15, -0.1) is 0 Å². The van der Waals surface area contributed by atoms with Gasteiger partial charge in [0.25, 0.3) is 0 Å². The summed E-state index contributed by atoms with van der Waals surface area (Å²) in [5.41, 5.74) is 5.90. The molecule has 0 spiro atoms. The average molecular weight is 239 g/mol. The van der Waals surface area contributed by atoms with Crippen LogP contribution < -0.4 is 5.73 Å². The van der Waals surface area contributed by atoms with E-state index in [-0.39, 0.29) is 12.0 Å². The summed E-state index contributed by atoms with van der Waals surface area (Å²) in [6.45, 7) is 5.16. The Morgan fingerprint density at radius 3 is 2.71 bits per heavy atom. The topological polar surface area (TPSA) is 49.6 Å². The fourth-order valence-corrected chi connectivity index (χ4v) is 3.17. The Hall–Kier alpha value is -0.610. The third kappa shape index (κ3) is 2.99. The van der Waals surface area contributed by atoms with Crippen molar-refractivity contribution in [2.24, 2.45) is 11.7 Å². The first-order valence-electron chi connectivity index (χ1n) is 6.82. The molecule has 0 radical (unpaired) electrons. The van der Waals surface area contributed by atoms with E-state index in [2.05, 4.69) is 23.8 Å². The van der Waals surface area contributed by atoms with Crippen LogP contribution in [0.15, 0.2) is 0 Å². The van der Waals surface area contributed by atoms with Crippen molar-refractivity contribution in [2.45, 2.75) is 44.7 Å². The maximum absolute atomic E-state index is 12.5. The van der Waals surface area contributed by atoms with E-state index in [1.54, 1.807) is 0 Å². The molecule has 1 saturated carbocycles. The standard InChI is InChI=1S/C13H25N3O/c1-10-9-15(2)6-3-7-16(10)13(17)11-4-5-12(14)8-11/h10-12H,3-9,14H2,1-2H3. The van der Waals surface area contributed by atoms with Crippen molar-refractivity contribution in [1.29, 1.82) is 0 Å². The number of carbonyl (C=O) groups is 1. The summed E-state index contributed by atoms with van der Waals surface area (Å²) in [6, 6.07) is 0.584. The number of amides is 1. The Morgan fingerprint density at radius 2 is 2.06 bits per heavy atom. The van der Waals surface area contributed by atoms with Crippen LogP contribution in [0.1, 0.15) is 32.6 Å². The van der Waals surface area contributed by atoms with Gasteiger partial charge in [-0.05, 0) is 46.2 Å². The van der Waals surface area contributed by atoms with E-state index in [9.17, 15) is 4.79 Å². The number of nitrogens with two attached hydrogens (primary N) is 1. The van der Waals surface area contributed by atoms with Crippen LogP contribution in [0.4, 0.5) is 0 Å². The lowest BCUT2D eigenvalue weighted by molar-refractivity contribution is -0.137. The summed E-state index contributed by atoms with van der Waals surface area (Å²) in [5.74, 6) is 0.539. The Labute approximate surface area is 104 Å². The van der Waals surface area contributed by atoms with Gasteiger partial charge in [0.15, 0.2) is 0 Å². The summed E-state index contributed by atoms with van der Waals surface area (Å²) in [7, 11) is 2.13. The molecule has 0 aromatic rings. The molecule has 1 aliphatic carbocycles. The third-order valence-electron chi connectivity index (χ3n) is 4.15. The molecular formula is C13H25N3O. The highest BCUT2D eigenvalue weighted by Gasteiger charge is 2.33. The minimum atomic E-state index is 0.191. The molecule has 2 rings (SSSR count). The lowest BCUT2D eigenvalue weighted by Crippen LogP contribution is -2.44. The Bertz CT molecular complexity index is 282. The molecule has 2 N–H and O–H groups in total. The van der Waals surface area contributed by atoms with Crippen molar-refractivity contribution in [2.75, 3.05) is 26.7 Å². The summed E-state index contributed by atoms with van der Waals surface area (Å²) in [6.07, 6.45) is 3.97. The molecular weight excluding hydrogens is 214 g/mol. The van der Waals surface area contributed by atoms with Crippen molar-refractivity contribution in [1.82, 2.24) is 9.80 Å². The highest BCUT2D eigenvalue weighted by molar-refractivity contribution is 5.79.